The molecule has 0 aliphatic carbocycles. The molecule has 118 valence electrons. The van der Waals surface area contributed by atoms with Gasteiger partial charge in [0.25, 0.3) is 0 Å². The van der Waals surface area contributed by atoms with Crippen LogP contribution in [-0.2, 0) is 14.8 Å². The van der Waals surface area contributed by atoms with Crippen LogP contribution < -0.4 is 0 Å². The van der Waals surface area contributed by atoms with Gasteiger partial charge in [-0.3, -0.25) is 0 Å². The van der Waals surface area contributed by atoms with Gasteiger partial charge in [0, 0.05) is 22.9 Å². The number of morpholine rings is 1. The highest BCUT2D eigenvalue weighted by Gasteiger charge is 2.39. The zero-order chi connectivity index (χ0) is 15.8. The summed E-state index contributed by atoms with van der Waals surface area (Å²) in [7, 11) is -3.89. The fraction of sp³-hybridized carbons (Fsp3) is 0.538. The Morgan fingerprint density at radius 3 is 2.71 bits per heavy atom. The van der Waals surface area contributed by atoms with Crippen molar-refractivity contribution in [2.75, 3.05) is 18.4 Å². The van der Waals surface area contributed by atoms with E-state index in [1.54, 1.807) is 0 Å². The van der Waals surface area contributed by atoms with Gasteiger partial charge in [-0.25, -0.2) is 12.8 Å². The Morgan fingerprint density at radius 2 is 2.14 bits per heavy atom. The topological polar surface area (TPSA) is 46.6 Å². The first-order valence-electron chi connectivity index (χ1n) is 6.35. The Balaban J connectivity index is 2.38. The van der Waals surface area contributed by atoms with E-state index in [0.717, 1.165) is 6.07 Å². The Labute approximate surface area is 141 Å². The Hall–Kier alpha value is -0.0200. The average Bonchev–Trinajstić information content (AvgIpc) is 2.36. The van der Waals surface area contributed by atoms with E-state index < -0.39 is 21.4 Å². The Kier molecular flexibility index (Phi) is 5.15. The molecule has 2 rings (SSSR count). The molecule has 1 fully saturated rings. The van der Waals surface area contributed by atoms with Crippen LogP contribution in [0.1, 0.15) is 13.8 Å². The Morgan fingerprint density at radius 1 is 1.48 bits per heavy atom. The van der Waals surface area contributed by atoms with Gasteiger partial charge >= 0.3 is 0 Å². The molecule has 1 aromatic rings. The standard InChI is InChI=1S/C13H16Br2FNO3S/c1-13(2)8-17(7-10(6-14)20-13)21(18,19)12-4-3-9(15)5-11(12)16/h3-5,10H,6-8H2,1-2H3. The van der Waals surface area contributed by atoms with Crippen LogP contribution in [-0.4, -0.2) is 42.8 Å². The number of benzene rings is 1. The molecule has 0 bridgehead atoms. The van der Waals surface area contributed by atoms with E-state index >= 15 is 0 Å². The summed E-state index contributed by atoms with van der Waals surface area (Å²) in [6.07, 6.45) is -0.262. The highest BCUT2D eigenvalue weighted by Crippen LogP contribution is 2.29. The highest BCUT2D eigenvalue weighted by molar-refractivity contribution is 9.10. The molecule has 0 amide bonds. The molecule has 0 radical (unpaired) electrons. The molecule has 1 aliphatic heterocycles. The molecular weight excluding hydrogens is 429 g/mol. The second kappa shape index (κ2) is 6.23. The second-order valence-corrected chi connectivity index (χ2v) is 9.00. The minimum atomic E-state index is -3.89. The maximum atomic E-state index is 14.0. The van der Waals surface area contributed by atoms with Gasteiger partial charge in [-0.05, 0) is 32.0 Å². The average molecular weight is 445 g/mol. The third kappa shape index (κ3) is 3.85. The minimum absolute atomic E-state index is 0.189. The van der Waals surface area contributed by atoms with Gasteiger partial charge in [0.2, 0.25) is 10.0 Å². The van der Waals surface area contributed by atoms with Gasteiger partial charge in [-0.15, -0.1) is 0 Å². The first kappa shape index (κ1) is 17.3. The fourth-order valence-corrected chi connectivity index (χ4v) is 4.67. The molecule has 0 saturated carbocycles. The zero-order valence-electron chi connectivity index (χ0n) is 11.6. The van der Waals surface area contributed by atoms with Gasteiger partial charge < -0.3 is 4.74 Å². The number of ether oxygens (including phenoxy) is 1. The molecule has 8 heteroatoms. The number of sulfonamides is 1. The molecule has 21 heavy (non-hydrogen) atoms. The molecule has 1 heterocycles. The minimum Gasteiger partial charge on any atom is -0.369 e. The summed E-state index contributed by atoms with van der Waals surface area (Å²) in [5.74, 6) is -0.760. The lowest BCUT2D eigenvalue weighted by Gasteiger charge is -2.41. The predicted octanol–water partition coefficient (Wildman–Crippen LogP) is 3.15. The third-order valence-corrected chi connectivity index (χ3v) is 6.19. The monoisotopic (exact) mass is 443 g/mol. The fourth-order valence-electron chi connectivity index (χ4n) is 2.33. The van der Waals surface area contributed by atoms with Crippen LogP contribution in [0.3, 0.4) is 0 Å². The third-order valence-electron chi connectivity index (χ3n) is 3.13. The van der Waals surface area contributed by atoms with Crippen LogP contribution in [0.2, 0.25) is 0 Å². The number of halogens is 3. The normalized spacial score (nSPS) is 23.2. The maximum absolute atomic E-state index is 14.0. The predicted molar refractivity (Wildman–Crippen MR) is 85.6 cm³/mol. The van der Waals surface area contributed by atoms with E-state index in [1.165, 1.54) is 16.4 Å². The zero-order valence-corrected chi connectivity index (χ0v) is 15.6. The lowest BCUT2D eigenvalue weighted by Crippen LogP contribution is -2.55. The first-order valence-corrected chi connectivity index (χ1v) is 9.70. The molecular formula is C13H16Br2FNO3S. The van der Waals surface area contributed by atoms with E-state index in [2.05, 4.69) is 31.9 Å². The van der Waals surface area contributed by atoms with Crippen LogP contribution in [0, 0.1) is 5.82 Å². The van der Waals surface area contributed by atoms with Gasteiger partial charge in [0.05, 0.1) is 11.7 Å². The van der Waals surface area contributed by atoms with Gasteiger partial charge in [0.15, 0.2) is 0 Å². The summed E-state index contributed by atoms with van der Waals surface area (Å²) in [5, 5.41) is 0.519. The lowest BCUT2D eigenvalue weighted by molar-refractivity contribution is -0.107. The van der Waals surface area contributed by atoms with E-state index in [0.29, 0.717) is 9.80 Å². The molecule has 1 unspecified atom stereocenters. The van der Waals surface area contributed by atoms with Crippen molar-refractivity contribution >= 4 is 41.9 Å². The van der Waals surface area contributed by atoms with E-state index in [4.69, 9.17) is 4.74 Å². The van der Waals surface area contributed by atoms with Crippen molar-refractivity contribution in [1.82, 2.24) is 4.31 Å². The maximum Gasteiger partial charge on any atom is 0.246 e. The molecule has 1 aliphatic rings. The van der Waals surface area contributed by atoms with Crippen LogP contribution in [0.15, 0.2) is 27.6 Å². The van der Waals surface area contributed by atoms with Crippen molar-refractivity contribution in [3.63, 3.8) is 0 Å². The van der Waals surface area contributed by atoms with Crippen LogP contribution in [0.4, 0.5) is 4.39 Å². The van der Waals surface area contributed by atoms with Crippen LogP contribution in [0.5, 0.6) is 0 Å². The van der Waals surface area contributed by atoms with E-state index in [-0.39, 0.29) is 24.1 Å². The van der Waals surface area contributed by atoms with Crippen molar-refractivity contribution < 1.29 is 17.5 Å². The number of hydrogen-bond acceptors (Lipinski definition) is 3. The first-order chi connectivity index (χ1) is 9.65. The van der Waals surface area contributed by atoms with Crippen molar-refractivity contribution in [3.05, 3.63) is 28.5 Å². The summed E-state index contributed by atoms with van der Waals surface area (Å²) < 4.78 is 46.9. The van der Waals surface area contributed by atoms with Crippen molar-refractivity contribution in [1.29, 1.82) is 0 Å². The lowest BCUT2D eigenvalue weighted by atomic mass is 10.1. The molecule has 0 aromatic heterocycles. The smallest absolute Gasteiger partial charge is 0.246 e. The molecule has 1 aromatic carbocycles. The van der Waals surface area contributed by atoms with E-state index in [9.17, 15) is 12.8 Å². The highest BCUT2D eigenvalue weighted by atomic mass is 79.9. The van der Waals surface area contributed by atoms with Gasteiger partial charge in [-0.2, -0.15) is 4.31 Å². The molecule has 4 nitrogen and oxygen atoms in total. The van der Waals surface area contributed by atoms with Crippen molar-refractivity contribution in [2.45, 2.75) is 30.4 Å². The summed E-state index contributed by atoms with van der Waals surface area (Å²) in [6.45, 7) is 4.03. The number of nitrogens with zero attached hydrogens (tertiary/aromatic N) is 1. The largest absolute Gasteiger partial charge is 0.369 e. The Bertz CT molecular complexity index is 636. The summed E-state index contributed by atoms with van der Waals surface area (Å²) in [4.78, 5) is -0.309. The van der Waals surface area contributed by atoms with Crippen molar-refractivity contribution in [2.24, 2.45) is 0 Å². The molecule has 0 spiro atoms. The molecule has 1 saturated heterocycles. The van der Waals surface area contributed by atoms with E-state index in [1.807, 2.05) is 13.8 Å². The molecule has 0 N–H and O–H groups in total. The quantitative estimate of drug-likeness (QED) is 0.672. The molecule has 1 atom stereocenters. The second-order valence-electron chi connectivity index (χ2n) is 5.53. The summed E-state index contributed by atoms with van der Waals surface area (Å²) in [5.41, 5.74) is -0.615. The number of rotatable bonds is 3. The van der Waals surface area contributed by atoms with Crippen LogP contribution >= 0.6 is 31.9 Å². The number of hydrogen-bond donors (Lipinski definition) is 0. The van der Waals surface area contributed by atoms with Crippen molar-refractivity contribution in [3.8, 4) is 0 Å². The van der Waals surface area contributed by atoms with Gasteiger partial charge in [-0.1, -0.05) is 31.9 Å². The number of alkyl halides is 1. The van der Waals surface area contributed by atoms with Crippen LogP contribution in [0.25, 0.3) is 0 Å². The van der Waals surface area contributed by atoms with Gasteiger partial charge in [0.1, 0.15) is 10.7 Å². The summed E-state index contributed by atoms with van der Waals surface area (Å²) in [6, 6.07) is 3.95. The summed E-state index contributed by atoms with van der Waals surface area (Å²) >= 11 is 6.43. The SMILES string of the molecule is CC1(C)CN(S(=O)(=O)c2ccc(Br)cc2F)CC(CBr)O1.